The van der Waals surface area contributed by atoms with Gasteiger partial charge in [-0.1, -0.05) is 249 Å². The van der Waals surface area contributed by atoms with Gasteiger partial charge in [-0.15, -0.1) is 0 Å². The Hall–Kier alpha value is -1.92. The Morgan fingerprint density at radius 2 is 0.712 bits per heavy atom. The minimum absolute atomic E-state index is 0.00157. The van der Waals surface area contributed by atoms with Crippen molar-refractivity contribution in [2.45, 2.75) is 321 Å². The maximum Gasteiger partial charge on any atom is 0.305 e. The number of carbonyl (C=O) groups excluding carboxylic acids is 2. The van der Waals surface area contributed by atoms with Gasteiger partial charge in [0.1, 0.15) is 0 Å². The first-order valence-electron chi connectivity index (χ1n) is 29.3. The summed E-state index contributed by atoms with van der Waals surface area (Å²) in [7, 11) is 0. The summed E-state index contributed by atoms with van der Waals surface area (Å²) >= 11 is 0. The molecule has 0 aliphatic heterocycles. The first-order chi connectivity index (χ1) is 32.5. The molecule has 0 rings (SSSR count). The molecule has 0 fully saturated rings. The predicted molar refractivity (Wildman–Crippen MR) is 287 cm³/mol. The smallest absolute Gasteiger partial charge is 0.305 e. The third-order valence-corrected chi connectivity index (χ3v) is 13.4. The van der Waals surface area contributed by atoms with Crippen molar-refractivity contribution in [2.75, 3.05) is 13.2 Å². The van der Waals surface area contributed by atoms with E-state index >= 15 is 0 Å². The van der Waals surface area contributed by atoms with E-state index in [0.717, 1.165) is 44.9 Å². The number of aliphatic hydroxyl groups excluding tert-OH is 2. The van der Waals surface area contributed by atoms with E-state index < -0.39 is 12.1 Å². The summed E-state index contributed by atoms with van der Waals surface area (Å²) in [5.41, 5.74) is 0. The van der Waals surface area contributed by atoms with E-state index in [4.69, 9.17) is 4.74 Å². The molecular weight excluding hydrogens is 815 g/mol. The third-order valence-electron chi connectivity index (χ3n) is 13.4. The predicted octanol–water partition coefficient (Wildman–Crippen LogP) is 18.0. The number of unbranched alkanes of at least 4 members (excludes halogenated alkanes) is 39. The van der Waals surface area contributed by atoms with Crippen LogP contribution in [0.2, 0.25) is 0 Å². The Morgan fingerprint density at radius 3 is 1.11 bits per heavy atom. The lowest BCUT2D eigenvalue weighted by Gasteiger charge is -2.20. The minimum atomic E-state index is -0.846. The van der Waals surface area contributed by atoms with E-state index in [2.05, 4.69) is 43.5 Å². The number of aliphatic hydroxyl groups is 2. The first kappa shape index (κ1) is 64.1. The molecule has 0 aliphatic carbocycles. The highest BCUT2D eigenvalue weighted by Crippen LogP contribution is 2.16. The second-order valence-corrected chi connectivity index (χ2v) is 20.0. The normalized spacial score (nSPS) is 12.8. The van der Waals surface area contributed by atoms with Gasteiger partial charge < -0.3 is 20.3 Å². The van der Waals surface area contributed by atoms with Gasteiger partial charge in [-0.3, -0.25) is 9.59 Å². The maximum atomic E-state index is 12.4. The van der Waals surface area contributed by atoms with E-state index in [1.165, 1.54) is 238 Å². The van der Waals surface area contributed by atoms with E-state index in [9.17, 15) is 19.8 Å². The molecule has 388 valence electrons. The van der Waals surface area contributed by atoms with E-state index in [1.807, 2.05) is 6.08 Å². The molecule has 6 heteroatoms. The van der Waals surface area contributed by atoms with E-state index in [0.29, 0.717) is 19.4 Å². The Balaban J connectivity index is 3.43. The van der Waals surface area contributed by atoms with Crippen LogP contribution in [0.4, 0.5) is 0 Å². The van der Waals surface area contributed by atoms with Crippen LogP contribution in [0.25, 0.3) is 0 Å². The summed E-state index contributed by atoms with van der Waals surface area (Å²) in [6, 6.07) is -0.630. The van der Waals surface area contributed by atoms with Crippen molar-refractivity contribution < 1.29 is 24.5 Å². The topological polar surface area (TPSA) is 95.9 Å². The van der Waals surface area contributed by atoms with Gasteiger partial charge in [0.2, 0.25) is 5.91 Å². The maximum absolute atomic E-state index is 12.4. The van der Waals surface area contributed by atoms with Crippen LogP contribution < -0.4 is 5.32 Å². The number of amides is 1. The van der Waals surface area contributed by atoms with E-state index in [-0.39, 0.29) is 18.5 Å². The molecule has 0 radical (unpaired) electrons. The van der Waals surface area contributed by atoms with Crippen molar-refractivity contribution in [3.8, 4) is 0 Å². The quantitative estimate of drug-likeness (QED) is 0.0321. The first-order valence-corrected chi connectivity index (χ1v) is 29.3. The fourth-order valence-corrected chi connectivity index (χ4v) is 8.86. The molecule has 1 amide bonds. The van der Waals surface area contributed by atoms with E-state index in [1.54, 1.807) is 6.08 Å². The average molecular weight is 929 g/mol. The lowest BCUT2D eigenvalue weighted by Crippen LogP contribution is -2.45. The molecular formula is C60H113NO5. The molecule has 6 nitrogen and oxygen atoms in total. The minimum Gasteiger partial charge on any atom is -0.466 e. The summed E-state index contributed by atoms with van der Waals surface area (Å²) in [6.45, 7) is 4.87. The van der Waals surface area contributed by atoms with Crippen molar-refractivity contribution >= 4 is 11.9 Å². The number of carbonyl (C=O) groups is 2. The lowest BCUT2D eigenvalue weighted by molar-refractivity contribution is -0.143. The molecule has 0 saturated carbocycles. The number of rotatable bonds is 54. The summed E-state index contributed by atoms with van der Waals surface area (Å²) < 4.78 is 5.46. The Kier molecular flexibility index (Phi) is 54.1. The Bertz CT molecular complexity index is 1070. The number of nitrogens with one attached hydrogen (secondary N) is 1. The van der Waals surface area contributed by atoms with Crippen molar-refractivity contribution in [3.63, 3.8) is 0 Å². The van der Waals surface area contributed by atoms with Crippen LogP contribution in [-0.4, -0.2) is 47.4 Å². The van der Waals surface area contributed by atoms with Crippen LogP contribution in [0.1, 0.15) is 309 Å². The van der Waals surface area contributed by atoms with Gasteiger partial charge in [0, 0.05) is 12.8 Å². The highest BCUT2D eigenvalue weighted by atomic mass is 16.5. The summed E-state index contributed by atoms with van der Waals surface area (Å²) in [6.07, 6.45) is 68.9. The van der Waals surface area contributed by atoms with Crippen LogP contribution in [0, 0.1) is 0 Å². The van der Waals surface area contributed by atoms with Gasteiger partial charge in [0.15, 0.2) is 0 Å². The largest absolute Gasteiger partial charge is 0.466 e. The van der Waals surface area contributed by atoms with Crippen LogP contribution in [0.5, 0.6) is 0 Å². The molecule has 3 N–H and O–H groups in total. The van der Waals surface area contributed by atoms with Crippen molar-refractivity contribution in [3.05, 3.63) is 36.5 Å². The van der Waals surface area contributed by atoms with Gasteiger partial charge >= 0.3 is 5.97 Å². The fraction of sp³-hybridized carbons (Fsp3) is 0.867. The molecule has 0 aromatic rings. The lowest BCUT2D eigenvalue weighted by atomic mass is 10.0. The molecule has 0 spiro atoms. The third kappa shape index (κ3) is 51.5. The number of esters is 1. The molecule has 66 heavy (non-hydrogen) atoms. The number of hydrogen-bond donors (Lipinski definition) is 3. The second kappa shape index (κ2) is 55.7. The van der Waals surface area contributed by atoms with Gasteiger partial charge in [-0.05, 0) is 83.5 Å². The zero-order chi connectivity index (χ0) is 47.9. The SMILES string of the molecule is CCCCC/C=C\CCCCCCCC(=O)OCCCCCCCCCCCCCC/C=C\CCCCCCCCCCC(=O)NC(CO)C(O)/C=C/CCCCCCCCCCCCC. The number of hydrogen-bond acceptors (Lipinski definition) is 5. The molecule has 0 heterocycles. The monoisotopic (exact) mass is 928 g/mol. The Labute approximate surface area is 411 Å². The standard InChI is InChI=1S/C60H113NO5/c1-3-5-7-9-11-13-15-29-32-36-40-44-48-52-58(63)57(56-62)61-59(64)53-49-45-41-37-33-30-27-25-23-21-19-17-18-20-22-24-26-28-31-35-39-43-47-51-55-66-60(65)54-50-46-42-38-34-16-14-12-10-8-6-4-2/h12,14,19,21,48,52,57-58,62-63H,3-11,13,15-18,20,22-47,49-51,53-56H2,1-2H3,(H,61,64)/b14-12-,21-19-,52-48+. The van der Waals surface area contributed by atoms with Gasteiger partial charge in [0.05, 0.1) is 25.4 Å². The van der Waals surface area contributed by atoms with Crippen molar-refractivity contribution in [1.82, 2.24) is 5.32 Å². The van der Waals surface area contributed by atoms with Gasteiger partial charge in [-0.2, -0.15) is 0 Å². The van der Waals surface area contributed by atoms with Crippen LogP contribution in [-0.2, 0) is 14.3 Å². The molecule has 0 bridgehead atoms. The zero-order valence-corrected chi connectivity index (χ0v) is 44.2. The van der Waals surface area contributed by atoms with Crippen LogP contribution in [0.3, 0.4) is 0 Å². The molecule has 0 saturated heterocycles. The summed E-state index contributed by atoms with van der Waals surface area (Å²) in [4.78, 5) is 24.4. The second-order valence-electron chi connectivity index (χ2n) is 20.0. The van der Waals surface area contributed by atoms with Gasteiger partial charge in [-0.25, -0.2) is 0 Å². The fourth-order valence-electron chi connectivity index (χ4n) is 8.86. The average Bonchev–Trinajstić information content (AvgIpc) is 3.32. The number of allylic oxidation sites excluding steroid dienone is 5. The highest BCUT2D eigenvalue weighted by Gasteiger charge is 2.18. The molecule has 2 atom stereocenters. The molecule has 2 unspecified atom stereocenters. The molecule has 0 aromatic heterocycles. The summed E-state index contributed by atoms with van der Waals surface area (Å²) in [5, 5.41) is 23.1. The van der Waals surface area contributed by atoms with Crippen molar-refractivity contribution in [1.29, 1.82) is 0 Å². The number of ether oxygens (including phenoxy) is 1. The van der Waals surface area contributed by atoms with Crippen LogP contribution >= 0.6 is 0 Å². The zero-order valence-electron chi connectivity index (χ0n) is 44.2. The molecule has 0 aromatic carbocycles. The summed E-state index contributed by atoms with van der Waals surface area (Å²) in [5.74, 6) is -0.0712. The molecule has 0 aliphatic rings. The highest BCUT2D eigenvalue weighted by molar-refractivity contribution is 5.76. The van der Waals surface area contributed by atoms with Gasteiger partial charge in [0.25, 0.3) is 0 Å². The van der Waals surface area contributed by atoms with Crippen LogP contribution in [0.15, 0.2) is 36.5 Å². The van der Waals surface area contributed by atoms with Crippen molar-refractivity contribution in [2.24, 2.45) is 0 Å². The Morgan fingerprint density at radius 1 is 0.409 bits per heavy atom.